The van der Waals surface area contributed by atoms with Crippen molar-refractivity contribution in [2.24, 2.45) is 0 Å². The van der Waals surface area contributed by atoms with E-state index in [2.05, 4.69) is 5.32 Å². The molecule has 0 bridgehead atoms. The Morgan fingerprint density at radius 3 is 2.45 bits per heavy atom. The number of non-ortho nitro benzene ring substituents is 1. The van der Waals surface area contributed by atoms with E-state index in [1.165, 1.54) is 12.1 Å². The van der Waals surface area contributed by atoms with Gasteiger partial charge in [0.05, 0.1) is 11.0 Å². The number of rotatable bonds is 3. The van der Waals surface area contributed by atoms with E-state index in [0.29, 0.717) is 6.04 Å². The minimum atomic E-state index is -0.413. The number of nitro benzene ring substituents is 1. The molecule has 2 fully saturated rings. The van der Waals surface area contributed by atoms with Crippen molar-refractivity contribution in [1.29, 1.82) is 0 Å². The normalized spacial score (nSPS) is 26.6. The zero-order chi connectivity index (χ0) is 14.3. The lowest BCUT2D eigenvalue weighted by atomic mass is 9.90. The number of hydrogen-bond acceptors (Lipinski definition) is 4. The molecule has 3 rings (SSSR count). The average Bonchev–Trinajstić information content (AvgIpc) is 2.66. The van der Waals surface area contributed by atoms with Crippen molar-refractivity contribution in [1.82, 2.24) is 10.2 Å². The van der Waals surface area contributed by atoms with E-state index in [-0.39, 0.29) is 23.8 Å². The lowest BCUT2D eigenvalue weighted by molar-refractivity contribution is -0.384. The molecule has 0 spiro atoms. The maximum absolute atomic E-state index is 12.3. The summed E-state index contributed by atoms with van der Waals surface area (Å²) >= 11 is 0. The van der Waals surface area contributed by atoms with Crippen LogP contribution in [0.2, 0.25) is 0 Å². The molecule has 1 amide bonds. The molecule has 6 nitrogen and oxygen atoms in total. The van der Waals surface area contributed by atoms with Gasteiger partial charge in [-0.2, -0.15) is 0 Å². The molecular weight excluding hydrogens is 258 g/mol. The van der Waals surface area contributed by atoms with Crippen molar-refractivity contribution in [3.63, 3.8) is 0 Å². The first-order chi connectivity index (χ1) is 9.58. The summed E-state index contributed by atoms with van der Waals surface area (Å²) < 4.78 is 0. The Morgan fingerprint density at radius 1 is 1.30 bits per heavy atom. The molecule has 1 saturated heterocycles. The van der Waals surface area contributed by atoms with Gasteiger partial charge in [0.15, 0.2) is 0 Å². The van der Waals surface area contributed by atoms with E-state index in [1.54, 1.807) is 12.1 Å². The highest BCUT2D eigenvalue weighted by atomic mass is 16.6. The quantitative estimate of drug-likeness (QED) is 0.676. The van der Waals surface area contributed by atoms with E-state index in [1.807, 2.05) is 11.8 Å². The van der Waals surface area contributed by atoms with Crippen molar-refractivity contribution < 1.29 is 9.72 Å². The zero-order valence-corrected chi connectivity index (χ0v) is 11.3. The number of hydrogen-bond donors (Lipinski definition) is 1. The monoisotopic (exact) mass is 275 g/mol. The standard InChI is InChI=1S/C14H17N3O3/c1-9-14(18)16(11-3-2-4-11)13(15-9)10-5-7-12(8-6-10)17(19)20/h5-9,11,13,15H,2-4H2,1H3. The summed E-state index contributed by atoms with van der Waals surface area (Å²) in [4.78, 5) is 24.4. The van der Waals surface area contributed by atoms with Gasteiger partial charge in [-0.1, -0.05) is 0 Å². The number of nitro groups is 1. The van der Waals surface area contributed by atoms with Crippen LogP contribution in [0.25, 0.3) is 0 Å². The molecule has 1 aliphatic carbocycles. The van der Waals surface area contributed by atoms with Crippen LogP contribution in [-0.2, 0) is 4.79 Å². The number of nitrogens with one attached hydrogen (secondary N) is 1. The lowest BCUT2D eigenvalue weighted by Crippen LogP contribution is -2.43. The van der Waals surface area contributed by atoms with Gasteiger partial charge in [0.1, 0.15) is 6.17 Å². The maximum atomic E-state index is 12.3. The van der Waals surface area contributed by atoms with E-state index in [0.717, 1.165) is 24.8 Å². The molecule has 2 unspecified atom stereocenters. The van der Waals surface area contributed by atoms with E-state index >= 15 is 0 Å². The molecule has 1 N–H and O–H groups in total. The van der Waals surface area contributed by atoms with Crippen molar-refractivity contribution in [3.8, 4) is 0 Å². The van der Waals surface area contributed by atoms with Crippen molar-refractivity contribution in [3.05, 3.63) is 39.9 Å². The Labute approximate surface area is 116 Å². The van der Waals surface area contributed by atoms with Crippen LogP contribution in [0.15, 0.2) is 24.3 Å². The summed E-state index contributed by atoms with van der Waals surface area (Å²) in [6.07, 6.45) is 3.09. The largest absolute Gasteiger partial charge is 0.319 e. The number of benzene rings is 1. The van der Waals surface area contributed by atoms with Gasteiger partial charge >= 0.3 is 0 Å². The fourth-order valence-corrected chi connectivity index (χ4v) is 2.83. The molecule has 20 heavy (non-hydrogen) atoms. The molecule has 1 aromatic rings. The third-order valence-corrected chi connectivity index (χ3v) is 4.20. The maximum Gasteiger partial charge on any atom is 0.269 e. The summed E-state index contributed by atoms with van der Waals surface area (Å²) in [7, 11) is 0. The number of amides is 1. The van der Waals surface area contributed by atoms with Crippen LogP contribution < -0.4 is 5.32 Å². The highest BCUT2D eigenvalue weighted by Crippen LogP contribution is 2.35. The Kier molecular flexibility index (Phi) is 3.17. The lowest BCUT2D eigenvalue weighted by Gasteiger charge is -2.38. The van der Waals surface area contributed by atoms with Crippen LogP contribution in [-0.4, -0.2) is 27.8 Å². The van der Waals surface area contributed by atoms with Gasteiger partial charge in [0, 0.05) is 18.2 Å². The second-order valence-corrected chi connectivity index (χ2v) is 5.47. The molecule has 0 radical (unpaired) electrons. The van der Waals surface area contributed by atoms with Crippen LogP contribution in [0.5, 0.6) is 0 Å². The van der Waals surface area contributed by atoms with Crippen LogP contribution in [0.1, 0.15) is 37.9 Å². The second kappa shape index (κ2) is 4.86. The molecule has 0 aromatic heterocycles. The summed E-state index contributed by atoms with van der Waals surface area (Å²) in [5.41, 5.74) is 0.974. The molecule has 2 aliphatic rings. The number of carbonyl (C=O) groups excluding carboxylic acids is 1. The molecule has 2 atom stereocenters. The first-order valence-electron chi connectivity index (χ1n) is 6.90. The Hall–Kier alpha value is -1.95. The molecule has 1 aliphatic heterocycles. The Bertz CT molecular complexity index is 539. The molecule has 1 aromatic carbocycles. The first-order valence-corrected chi connectivity index (χ1v) is 6.90. The van der Waals surface area contributed by atoms with E-state index in [4.69, 9.17) is 0 Å². The van der Waals surface area contributed by atoms with Gasteiger partial charge in [0.2, 0.25) is 5.91 Å². The van der Waals surface area contributed by atoms with Gasteiger partial charge < -0.3 is 4.90 Å². The van der Waals surface area contributed by atoms with Gasteiger partial charge in [-0.3, -0.25) is 20.2 Å². The van der Waals surface area contributed by atoms with E-state index in [9.17, 15) is 14.9 Å². The SMILES string of the molecule is CC1NC(c2ccc([N+](=O)[O-])cc2)N(C2CCC2)C1=O. The third kappa shape index (κ3) is 2.06. The van der Waals surface area contributed by atoms with E-state index < -0.39 is 4.92 Å². The molecular formula is C14H17N3O3. The predicted octanol–water partition coefficient (Wildman–Crippen LogP) is 1.97. The first kappa shape index (κ1) is 13.1. The molecule has 1 saturated carbocycles. The Balaban J connectivity index is 1.87. The Morgan fingerprint density at radius 2 is 1.95 bits per heavy atom. The van der Waals surface area contributed by atoms with Crippen molar-refractivity contribution in [2.75, 3.05) is 0 Å². The van der Waals surface area contributed by atoms with Crippen LogP contribution in [0.3, 0.4) is 0 Å². The van der Waals surface area contributed by atoms with Gasteiger partial charge in [-0.15, -0.1) is 0 Å². The third-order valence-electron chi connectivity index (χ3n) is 4.20. The summed E-state index contributed by atoms with van der Waals surface area (Å²) in [6, 6.07) is 6.54. The zero-order valence-electron chi connectivity index (χ0n) is 11.3. The highest BCUT2D eigenvalue weighted by Gasteiger charge is 2.42. The number of nitrogens with zero attached hydrogens (tertiary/aromatic N) is 2. The summed E-state index contributed by atoms with van der Waals surface area (Å²) in [5, 5.41) is 14.0. The van der Waals surface area contributed by atoms with Crippen LogP contribution >= 0.6 is 0 Å². The minimum Gasteiger partial charge on any atom is -0.319 e. The van der Waals surface area contributed by atoms with Gasteiger partial charge in [0.25, 0.3) is 5.69 Å². The fraction of sp³-hybridized carbons (Fsp3) is 0.500. The smallest absolute Gasteiger partial charge is 0.269 e. The van der Waals surface area contributed by atoms with Gasteiger partial charge in [-0.05, 0) is 43.9 Å². The van der Waals surface area contributed by atoms with Gasteiger partial charge in [-0.25, -0.2) is 0 Å². The topological polar surface area (TPSA) is 75.5 Å². The fourth-order valence-electron chi connectivity index (χ4n) is 2.83. The second-order valence-electron chi connectivity index (χ2n) is 5.47. The summed E-state index contributed by atoms with van der Waals surface area (Å²) in [6.45, 7) is 1.86. The molecule has 6 heteroatoms. The predicted molar refractivity (Wildman–Crippen MR) is 72.9 cm³/mol. The highest BCUT2D eigenvalue weighted by molar-refractivity contribution is 5.84. The number of carbonyl (C=O) groups is 1. The minimum absolute atomic E-state index is 0.0707. The summed E-state index contributed by atoms with van der Waals surface area (Å²) in [5.74, 6) is 0.123. The average molecular weight is 275 g/mol. The molecule has 106 valence electrons. The molecule has 1 heterocycles. The van der Waals surface area contributed by atoms with Crippen molar-refractivity contribution >= 4 is 11.6 Å². The van der Waals surface area contributed by atoms with Crippen LogP contribution in [0, 0.1) is 10.1 Å². The van der Waals surface area contributed by atoms with Crippen molar-refractivity contribution in [2.45, 2.75) is 44.4 Å². The van der Waals surface area contributed by atoms with Crippen LogP contribution in [0.4, 0.5) is 5.69 Å².